The largest absolute Gasteiger partial charge is 0.0614 e. The standard InChI is InChI=1S/C20H20/c1-5-13-6-2-11-17-18-12-4-8-14-7-3-10-16(20(14)18)15(9-1)19(13)17/h1,3,5,7,9-10,17-18H,2,4,6,8,11-12H2. The predicted octanol–water partition coefficient (Wildman–Crippen LogP) is 5.21. The maximum atomic E-state index is 2.38. The molecule has 0 heteroatoms. The van der Waals surface area contributed by atoms with Crippen LogP contribution in [0.1, 0.15) is 59.8 Å². The van der Waals surface area contributed by atoms with E-state index in [2.05, 4.69) is 36.4 Å². The third kappa shape index (κ3) is 1.32. The summed E-state index contributed by atoms with van der Waals surface area (Å²) in [6, 6.07) is 14.1. The van der Waals surface area contributed by atoms with E-state index in [0.717, 1.165) is 11.8 Å². The van der Waals surface area contributed by atoms with Crippen LogP contribution >= 0.6 is 0 Å². The van der Waals surface area contributed by atoms with E-state index < -0.39 is 0 Å². The van der Waals surface area contributed by atoms with Crippen LogP contribution in [0.4, 0.5) is 0 Å². The van der Waals surface area contributed by atoms with Crippen molar-refractivity contribution < 1.29 is 0 Å². The van der Waals surface area contributed by atoms with Gasteiger partial charge in [0.15, 0.2) is 0 Å². The molecule has 3 aliphatic carbocycles. The van der Waals surface area contributed by atoms with Crippen molar-refractivity contribution in [2.24, 2.45) is 0 Å². The summed E-state index contributed by atoms with van der Waals surface area (Å²) in [5.41, 5.74) is 9.83. The molecule has 20 heavy (non-hydrogen) atoms. The van der Waals surface area contributed by atoms with Crippen molar-refractivity contribution in [2.75, 3.05) is 0 Å². The zero-order chi connectivity index (χ0) is 13.1. The molecular formula is C20H20. The number of aryl methyl sites for hydroxylation is 2. The van der Waals surface area contributed by atoms with Crippen molar-refractivity contribution >= 4 is 0 Å². The fourth-order valence-corrected chi connectivity index (χ4v) is 5.13. The summed E-state index contributed by atoms with van der Waals surface area (Å²) in [7, 11) is 0. The lowest BCUT2D eigenvalue weighted by Crippen LogP contribution is -2.26. The van der Waals surface area contributed by atoms with Crippen molar-refractivity contribution in [1.82, 2.24) is 0 Å². The lowest BCUT2D eigenvalue weighted by atomic mass is 9.62. The molecule has 0 aliphatic heterocycles. The van der Waals surface area contributed by atoms with Gasteiger partial charge in [-0.1, -0.05) is 36.4 Å². The van der Waals surface area contributed by atoms with Gasteiger partial charge >= 0.3 is 0 Å². The number of benzene rings is 2. The Morgan fingerprint density at radius 1 is 0.650 bits per heavy atom. The fourth-order valence-electron chi connectivity index (χ4n) is 5.13. The summed E-state index contributed by atoms with van der Waals surface area (Å²) in [5, 5.41) is 0. The Morgan fingerprint density at radius 3 is 1.65 bits per heavy atom. The van der Waals surface area contributed by atoms with Crippen molar-refractivity contribution in [3.8, 4) is 11.1 Å². The Kier molecular flexibility index (Phi) is 2.21. The smallest absolute Gasteiger partial charge is 0.00838 e. The van der Waals surface area contributed by atoms with Crippen LogP contribution in [0, 0.1) is 0 Å². The first-order chi connectivity index (χ1) is 9.93. The average molecular weight is 260 g/mol. The average Bonchev–Trinajstić information content (AvgIpc) is 2.52. The molecule has 5 rings (SSSR count). The molecule has 0 fully saturated rings. The van der Waals surface area contributed by atoms with E-state index in [-0.39, 0.29) is 0 Å². The summed E-state index contributed by atoms with van der Waals surface area (Å²) in [4.78, 5) is 0. The van der Waals surface area contributed by atoms with E-state index in [1.54, 1.807) is 33.4 Å². The highest BCUT2D eigenvalue weighted by Crippen LogP contribution is 2.55. The van der Waals surface area contributed by atoms with Crippen LogP contribution in [0.15, 0.2) is 36.4 Å². The van der Waals surface area contributed by atoms with E-state index in [4.69, 9.17) is 0 Å². The molecule has 0 heterocycles. The van der Waals surface area contributed by atoms with Gasteiger partial charge in [0.05, 0.1) is 0 Å². The van der Waals surface area contributed by atoms with E-state index in [1.807, 2.05) is 0 Å². The summed E-state index contributed by atoms with van der Waals surface area (Å²) >= 11 is 0. The second kappa shape index (κ2) is 3.97. The van der Waals surface area contributed by atoms with Gasteiger partial charge in [-0.2, -0.15) is 0 Å². The highest BCUT2D eigenvalue weighted by Gasteiger charge is 2.38. The van der Waals surface area contributed by atoms with E-state index in [1.165, 1.54) is 38.5 Å². The van der Waals surface area contributed by atoms with Crippen LogP contribution in [0.3, 0.4) is 0 Å². The molecule has 2 aromatic rings. The minimum atomic E-state index is 0.809. The van der Waals surface area contributed by atoms with Crippen LogP contribution in [-0.2, 0) is 12.8 Å². The van der Waals surface area contributed by atoms with Crippen molar-refractivity contribution in [3.05, 3.63) is 58.7 Å². The van der Waals surface area contributed by atoms with Crippen molar-refractivity contribution in [1.29, 1.82) is 0 Å². The highest BCUT2D eigenvalue weighted by atomic mass is 14.4. The van der Waals surface area contributed by atoms with Crippen molar-refractivity contribution in [3.63, 3.8) is 0 Å². The Labute approximate surface area is 120 Å². The lowest BCUT2D eigenvalue weighted by molar-refractivity contribution is 0.415. The normalized spacial score (nSPS) is 25.8. The predicted molar refractivity (Wildman–Crippen MR) is 83.2 cm³/mol. The quantitative estimate of drug-likeness (QED) is 0.610. The molecule has 0 spiro atoms. The number of rotatable bonds is 0. The van der Waals surface area contributed by atoms with E-state index >= 15 is 0 Å². The van der Waals surface area contributed by atoms with Gasteiger partial charge < -0.3 is 0 Å². The molecule has 2 aromatic carbocycles. The van der Waals surface area contributed by atoms with E-state index in [0.29, 0.717) is 0 Å². The SMILES string of the molecule is c1cc2c3c(c1)-c1cccc4c1C(CCC4)C3CCC2. The zero-order valence-electron chi connectivity index (χ0n) is 11.9. The van der Waals surface area contributed by atoms with Gasteiger partial charge in [-0.25, -0.2) is 0 Å². The van der Waals surface area contributed by atoms with Crippen LogP contribution in [-0.4, -0.2) is 0 Å². The highest BCUT2D eigenvalue weighted by molar-refractivity contribution is 5.78. The first kappa shape index (κ1) is 11.1. The maximum absolute atomic E-state index is 2.38. The molecule has 0 aromatic heterocycles. The van der Waals surface area contributed by atoms with Gasteiger partial charge in [0, 0.05) is 0 Å². The van der Waals surface area contributed by atoms with Gasteiger partial charge in [0.25, 0.3) is 0 Å². The number of fused-ring (bicyclic) bond motifs is 2. The Balaban J connectivity index is 1.88. The summed E-state index contributed by atoms with van der Waals surface area (Å²) < 4.78 is 0. The summed E-state index contributed by atoms with van der Waals surface area (Å²) in [6.45, 7) is 0. The molecule has 100 valence electrons. The van der Waals surface area contributed by atoms with Gasteiger partial charge in [0.2, 0.25) is 0 Å². The minimum Gasteiger partial charge on any atom is -0.0614 e. The van der Waals surface area contributed by atoms with Crippen LogP contribution in [0.2, 0.25) is 0 Å². The number of hydrogen-bond donors (Lipinski definition) is 0. The lowest BCUT2D eigenvalue weighted by Gasteiger charge is -2.42. The fraction of sp³-hybridized carbons (Fsp3) is 0.400. The molecule has 2 unspecified atom stereocenters. The van der Waals surface area contributed by atoms with Crippen molar-refractivity contribution in [2.45, 2.75) is 50.4 Å². The van der Waals surface area contributed by atoms with Crippen LogP contribution in [0.5, 0.6) is 0 Å². The molecule has 0 amide bonds. The topological polar surface area (TPSA) is 0 Å². The first-order valence-electron chi connectivity index (χ1n) is 8.17. The summed E-state index contributed by atoms with van der Waals surface area (Å²) in [5.74, 6) is 1.62. The van der Waals surface area contributed by atoms with Gasteiger partial charge in [-0.15, -0.1) is 0 Å². The molecule has 2 atom stereocenters. The Hall–Kier alpha value is -1.56. The third-order valence-corrected chi connectivity index (χ3v) is 5.83. The second-order valence-electron chi connectivity index (χ2n) is 6.75. The van der Waals surface area contributed by atoms with Crippen LogP contribution < -0.4 is 0 Å². The molecule has 0 bridgehead atoms. The zero-order valence-corrected chi connectivity index (χ0v) is 11.9. The molecular weight excluding hydrogens is 240 g/mol. The molecule has 0 radical (unpaired) electrons. The maximum Gasteiger partial charge on any atom is -0.00838 e. The van der Waals surface area contributed by atoms with E-state index in [9.17, 15) is 0 Å². The van der Waals surface area contributed by atoms with Crippen LogP contribution in [0.25, 0.3) is 11.1 Å². The number of hydrogen-bond acceptors (Lipinski definition) is 0. The van der Waals surface area contributed by atoms with Gasteiger partial charge in [-0.3, -0.25) is 0 Å². The first-order valence-corrected chi connectivity index (χ1v) is 8.17. The van der Waals surface area contributed by atoms with Gasteiger partial charge in [0.1, 0.15) is 0 Å². The molecule has 0 saturated heterocycles. The Morgan fingerprint density at radius 2 is 1.15 bits per heavy atom. The summed E-state index contributed by atoms with van der Waals surface area (Å²) in [6.07, 6.45) is 8.16. The van der Waals surface area contributed by atoms with Gasteiger partial charge in [-0.05, 0) is 83.7 Å². The molecule has 0 saturated carbocycles. The minimum absolute atomic E-state index is 0.809. The molecule has 0 N–H and O–H groups in total. The Bertz CT molecular complexity index is 634. The second-order valence-corrected chi connectivity index (χ2v) is 6.75. The molecule has 0 nitrogen and oxygen atoms in total. The molecule has 3 aliphatic rings. The third-order valence-electron chi connectivity index (χ3n) is 5.83. The monoisotopic (exact) mass is 260 g/mol.